The number of rotatable bonds is 1. The van der Waals surface area contributed by atoms with Crippen molar-refractivity contribution in [2.45, 2.75) is 0 Å². The SMILES string of the molecule is ClC=Cc1ccsc1. The molecule has 8 heavy (non-hydrogen) atoms. The minimum Gasteiger partial charge on any atom is -0.152 e. The van der Waals surface area contributed by atoms with Crippen LogP contribution in [0.25, 0.3) is 6.08 Å². The van der Waals surface area contributed by atoms with E-state index in [0.717, 1.165) is 0 Å². The quantitative estimate of drug-likeness (QED) is 0.569. The van der Waals surface area contributed by atoms with Gasteiger partial charge >= 0.3 is 0 Å². The molecule has 0 unspecified atom stereocenters. The molecule has 0 nitrogen and oxygen atoms in total. The van der Waals surface area contributed by atoms with E-state index in [1.165, 1.54) is 11.1 Å². The van der Waals surface area contributed by atoms with Crippen molar-refractivity contribution in [1.82, 2.24) is 0 Å². The Labute approximate surface area is 57.4 Å². The van der Waals surface area contributed by atoms with Gasteiger partial charge in [0.25, 0.3) is 0 Å². The Morgan fingerprint density at radius 2 is 2.50 bits per heavy atom. The Morgan fingerprint density at radius 1 is 1.62 bits per heavy atom. The molecular weight excluding hydrogens is 140 g/mol. The van der Waals surface area contributed by atoms with Crippen molar-refractivity contribution in [3.63, 3.8) is 0 Å². The second-order valence-corrected chi connectivity index (χ2v) is 2.38. The average Bonchev–Trinajstić information content (AvgIpc) is 2.19. The Hall–Kier alpha value is -0.270. The molecule has 1 heterocycles. The van der Waals surface area contributed by atoms with Crippen molar-refractivity contribution in [3.05, 3.63) is 27.9 Å². The molecule has 1 aromatic rings. The summed E-state index contributed by atoms with van der Waals surface area (Å²) < 4.78 is 0. The molecule has 0 aromatic carbocycles. The molecule has 0 aliphatic rings. The molecule has 42 valence electrons. The maximum atomic E-state index is 5.32. The first-order valence-corrected chi connectivity index (χ1v) is 3.60. The summed E-state index contributed by atoms with van der Waals surface area (Å²) in [6.45, 7) is 0. The summed E-state index contributed by atoms with van der Waals surface area (Å²) in [6.07, 6.45) is 1.86. The zero-order chi connectivity index (χ0) is 5.82. The second kappa shape index (κ2) is 2.90. The Kier molecular flexibility index (Phi) is 2.12. The maximum absolute atomic E-state index is 5.32. The van der Waals surface area contributed by atoms with Gasteiger partial charge in [0.15, 0.2) is 0 Å². The smallest absolute Gasteiger partial charge is 0.00487 e. The molecule has 0 saturated carbocycles. The molecule has 1 aromatic heterocycles. The molecule has 0 spiro atoms. The predicted molar refractivity (Wildman–Crippen MR) is 39.2 cm³/mol. The van der Waals surface area contributed by atoms with Crippen LogP contribution in [-0.4, -0.2) is 0 Å². The summed E-state index contributed by atoms with van der Waals surface area (Å²) in [7, 11) is 0. The highest BCUT2D eigenvalue weighted by molar-refractivity contribution is 7.08. The average molecular weight is 145 g/mol. The number of halogens is 1. The molecule has 0 fully saturated rings. The molecule has 0 bridgehead atoms. The van der Waals surface area contributed by atoms with E-state index in [1.54, 1.807) is 11.3 Å². The summed E-state index contributed by atoms with van der Waals surface area (Å²) in [5.41, 5.74) is 2.69. The van der Waals surface area contributed by atoms with Crippen LogP contribution in [0.1, 0.15) is 5.56 Å². The van der Waals surface area contributed by atoms with Crippen LogP contribution in [-0.2, 0) is 0 Å². The zero-order valence-electron chi connectivity index (χ0n) is 4.17. The van der Waals surface area contributed by atoms with E-state index >= 15 is 0 Å². The highest BCUT2D eigenvalue weighted by atomic mass is 35.5. The van der Waals surface area contributed by atoms with Gasteiger partial charge in [-0.2, -0.15) is 11.3 Å². The normalized spacial score (nSPS) is 10.6. The van der Waals surface area contributed by atoms with E-state index < -0.39 is 0 Å². The molecule has 0 amide bonds. The lowest BCUT2D eigenvalue weighted by Gasteiger charge is -1.74. The van der Waals surface area contributed by atoms with Gasteiger partial charge in [0, 0.05) is 5.54 Å². The predicted octanol–water partition coefficient (Wildman–Crippen LogP) is 2.96. The first-order valence-electron chi connectivity index (χ1n) is 2.22. The summed E-state index contributed by atoms with van der Waals surface area (Å²) >= 11 is 6.99. The van der Waals surface area contributed by atoms with Gasteiger partial charge in [-0.15, -0.1) is 0 Å². The van der Waals surface area contributed by atoms with Gasteiger partial charge < -0.3 is 0 Å². The first-order chi connectivity index (χ1) is 3.93. The monoisotopic (exact) mass is 144 g/mol. The maximum Gasteiger partial charge on any atom is 0.00487 e. The van der Waals surface area contributed by atoms with Gasteiger partial charge in [-0.25, -0.2) is 0 Å². The number of hydrogen-bond acceptors (Lipinski definition) is 1. The Morgan fingerprint density at radius 3 is 3.00 bits per heavy atom. The highest BCUT2D eigenvalue weighted by Crippen LogP contribution is 2.07. The lowest BCUT2D eigenvalue weighted by molar-refractivity contribution is 1.89. The Balaban J connectivity index is 2.77. The van der Waals surface area contributed by atoms with Crippen LogP contribution in [0.3, 0.4) is 0 Å². The van der Waals surface area contributed by atoms with Gasteiger partial charge in [0.2, 0.25) is 0 Å². The van der Waals surface area contributed by atoms with E-state index in [-0.39, 0.29) is 0 Å². The fourth-order valence-corrected chi connectivity index (χ4v) is 1.22. The topological polar surface area (TPSA) is 0 Å². The molecule has 0 N–H and O–H groups in total. The summed E-state index contributed by atoms with van der Waals surface area (Å²) in [6, 6.07) is 2.02. The molecule has 0 aliphatic carbocycles. The van der Waals surface area contributed by atoms with E-state index in [0.29, 0.717) is 0 Å². The van der Waals surface area contributed by atoms with Gasteiger partial charge in [-0.3, -0.25) is 0 Å². The van der Waals surface area contributed by atoms with E-state index in [9.17, 15) is 0 Å². The van der Waals surface area contributed by atoms with Crippen molar-refractivity contribution in [2.75, 3.05) is 0 Å². The summed E-state index contributed by atoms with van der Waals surface area (Å²) in [5.74, 6) is 0. The molecule has 0 saturated heterocycles. The third-order valence-electron chi connectivity index (χ3n) is 0.799. The molecule has 0 atom stereocenters. The van der Waals surface area contributed by atoms with Crippen LogP contribution >= 0.6 is 22.9 Å². The summed E-state index contributed by atoms with van der Waals surface area (Å²) in [4.78, 5) is 0. The molecule has 0 aliphatic heterocycles. The van der Waals surface area contributed by atoms with Crippen molar-refractivity contribution in [1.29, 1.82) is 0 Å². The van der Waals surface area contributed by atoms with Crippen molar-refractivity contribution < 1.29 is 0 Å². The van der Waals surface area contributed by atoms with Gasteiger partial charge in [0.1, 0.15) is 0 Å². The third kappa shape index (κ3) is 1.35. The molecular formula is C6H5ClS. The Bertz CT molecular complexity index is 165. The standard InChI is InChI=1S/C6H5ClS/c7-3-1-6-2-4-8-5-6/h1-5H. The molecule has 1 rings (SSSR count). The fourth-order valence-electron chi connectivity index (χ4n) is 0.443. The van der Waals surface area contributed by atoms with Crippen LogP contribution in [0.4, 0.5) is 0 Å². The minimum absolute atomic E-state index is 1.17. The summed E-state index contributed by atoms with van der Waals surface area (Å²) in [5, 5.41) is 4.06. The van der Waals surface area contributed by atoms with Crippen molar-refractivity contribution in [3.8, 4) is 0 Å². The lowest BCUT2D eigenvalue weighted by Crippen LogP contribution is -1.52. The van der Waals surface area contributed by atoms with Crippen LogP contribution < -0.4 is 0 Å². The van der Waals surface area contributed by atoms with Crippen molar-refractivity contribution >= 4 is 29.0 Å². The van der Waals surface area contributed by atoms with Crippen LogP contribution in [0.15, 0.2) is 22.4 Å². The number of hydrogen-bond donors (Lipinski definition) is 0. The fraction of sp³-hybridized carbons (Fsp3) is 0. The molecule has 2 heteroatoms. The molecule has 0 radical (unpaired) electrons. The third-order valence-corrected chi connectivity index (χ3v) is 1.63. The van der Waals surface area contributed by atoms with E-state index in [4.69, 9.17) is 11.6 Å². The van der Waals surface area contributed by atoms with Crippen LogP contribution in [0.5, 0.6) is 0 Å². The number of thiophene rings is 1. The second-order valence-electron chi connectivity index (χ2n) is 1.35. The highest BCUT2D eigenvalue weighted by Gasteiger charge is 1.80. The largest absolute Gasteiger partial charge is 0.152 e. The van der Waals surface area contributed by atoms with Crippen LogP contribution in [0.2, 0.25) is 0 Å². The zero-order valence-corrected chi connectivity index (χ0v) is 5.75. The van der Waals surface area contributed by atoms with Gasteiger partial charge in [-0.1, -0.05) is 11.6 Å². The first kappa shape index (κ1) is 5.86. The minimum atomic E-state index is 1.17. The van der Waals surface area contributed by atoms with Gasteiger partial charge in [0.05, 0.1) is 0 Å². The van der Waals surface area contributed by atoms with Crippen LogP contribution in [0, 0.1) is 0 Å². The lowest BCUT2D eigenvalue weighted by atomic mass is 10.3. The van der Waals surface area contributed by atoms with E-state index in [1.807, 2.05) is 22.9 Å². The van der Waals surface area contributed by atoms with Crippen molar-refractivity contribution in [2.24, 2.45) is 0 Å². The van der Waals surface area contributed by atoms with E-state index in [2.05, 4.69) is 0 Å². The van der Waals surface area contributed by atoms with Gasteiger partial charge in [-0.05, 0) is 28.5 Å².